The molecule has 3 nitrogen and oxygen atoms in total. The van der Waals surface area contributed by atoms with Gasteiger partial charge in [-0.1, -0.05) is 42.5 Å². The Labute approximate surface area is 100 Å². The largest absolute Gasteiger partial charge is 0.363 e. The zero-order chi connectivity index (χ0) is 11.7. The van der Waals surface area contributed by atoms with Crippen molar-refractivity contribution < 1.29 is 14.3 Å². The molecule has 2 aliphatic heterocycles. The summed E-state index contributed by atoms with van der Waals surface area (Å²) < 4.78 is 11.4. The Bertz CT molecular complexity index is 440. The molecular weight excluding hydrogens is 216 g/mol. The molecule has 0 unspecified atom stereocenters. The van der Waals surface area contributed by atoms with Gasteiger partial charge in [0, 0.05) is 6.42 Å². The van der Waals surface area contributed by atoms with Gasteiger partial charge in [-0.25, -0.2) is 0 Å². The number of carbonyl (C=O) groups is 1. The van der Waals surface area contributed by atoms with Crippen molar-refractivity contribution in [2.24, 2.45) is 0 Å². The monoisotopic (exact) mass is 230 g/mol. The van der Waals surface area contributed by atoms with Crippen molar-refractivity contribution in [3.63, 3.8) is 0 Å². The van der Waals surface area contributed by atoms with Crippen LogP contribution in [-0.2, 0) is 20.9 Å². The van der Waals surface area contributed by atoms with E-state index in [1.54, 1.807) is 0 Å². The lowest BCUT2D eigenvalue weighted by atomic mass is 9.90. The first-order valence-corrected chi connectivity index (χ1v) is 5.80. The van der Waals surface area contributed by atoms with Crippen LogP contribution in [0.4, 0.5) is 0 Å². The van der Waals surface area contributed by atoms with E-state index in [1.165, 1.54) is 0 Å². The molecule has 0 saturated carbocycles. The average molecular weight is 230 g/mol. The number of aldehydes is 1. The van der Waals surface area contributed by atoms with Crippen molar-refractivity contribution in [1.82, 2.24) is 0 Å². The Morgan fingerprint density at radius 2 is 2.18 bits per heavy atom. The van der Waals surface area contributed by atoms with Gasteiger partial charge < -0.3 is 14.3 Å². The highest BCUT2D eigenvalue weighted by Gasteiger charge is 2.51. The van der Waals surface area contributed by atoms with Crippen LogP contribution in [-0.4, -0.2) is 24.1 Å². The van der Waals surface area contributed by atoms with Crippen LogP contribution in [0.3, 0.4) is 0 Å². The summed E-state index contributed by atoms with van der Waals surface area (Å²) in [6.07, 6.45) is 5.27. The number of hydrogen-bond donors (Lipinski definition) is 0. The van der Waals surface area contributed by atoms with Gasteiger partial charge in [0.15, 0.2) is 11.9 Å². The van der Waals surface area contributed by atoms with E-state index in [4.69, 9.17) is 9.47 Å². The van der Waals surface area contributed by atoms with Crippen LogP contribution in [0.25, 0.3) is 0 Å². The fraction of sp³-hybridized carbons (Fsp3) is 0.357. The van der Waals surface area contributed by atoms with Crippen LogP contribution in [0.2, 0.25) is 0 Å². The normalized spacial score (nSPS) is 34.1. The predicted octanol–water partition coefficient (Wildman–Crippen LogP) is 1.87. The molecule has 0 aromatic heterocycles. The van der Waals surface area contributed by atoms with E-state index in [2.05, 4.69) is 0 Å². The summed E-state index contributed by atoms with van der Waals surface area (Å²) >= 11 is 0. The molecular formula is C14H14O3. The molecule has 3 rings (SSSR count). The van der Waals surface area contributed by atoms with Crippen LogP contribution >= 0.6 is 0 Å². The van der Waals surface area contributed by atoms with Gasteiger partial charge in [0.1, 0.15) is 6.10 Å². The second kappa shape index (κ2) is 4.09. The Balaban J connectivity index is 1.72. The molecule has 0 aliphatic carbocycles. The number of fused-ring (bicyclic) bond motifs is 2. The second-order valence-electron chi connectivity index (χ2n) is 4.53. The van der Waals surface area contributed by atoms with Crippen molar-refractivity contribution in [2.75, 3.05) is 0 Å². The third-order valence-electron chi connectivity index (χ3n) is 3.37. The highest BCUT2D eigenvalue weighted by Crippen LogP contribution is 2.39. The summed E-state index contributed by atoms with van der Waals surface area (Å²) in [5.74, 6) is 0. The lowest BCUT2D eigenvalue weighted by Crippen LogP contribution is -2.42. The lowest BCUT2D eigenvalue weighted by molar-refractivity contribution is -0.138. The van der Waals surface area contributed by atoms with Crippen LogP contribution in [0.5, 0.6) is 0 Å². The Morgan fingerprint density at radius 1 is 1.35 bits per heavy atom. The van der Waals surface area contributed by atoms with E-state index >= 15 is 0 Å². The van der Waals surface area contributed by atoms with Crippen molar-refractivity contribution >= 4 is 6.29 Å². The first-order chi connectivity index (χ1) is 8.32. The molecule has 1 fully saturated rings. The highest BCUT2D eigenvalue weighted by molar-refractivity contribution is 5.66. The molecule has 2 aliphatic rings. The molecule has 2 bridgehead atoms. The van der Waals surface area contributed by atoms with Crippen molar-refractivity contribution in [1.29, 1.82) is 0 Å². The van der Waals surface area contributed by atoms with Crippen molar-refractivity contribution in [2.45, 2.75) is 30.8 Å². The average Bonchev–Trinajstić information content (AvgIpc) is 2.98. The zero-order valence-corrected chi connectivity index (χ0v) is 9.41. The van der Waals surface area contributed by atoms with E-state index in [0.717, 1.165) is 11.8 Å². The van der Waals surface area contributed by atoms with Gasteiger partial charge in [0.2, 0.25) is 0 Å². The maximum absolute atomic E-state index is 11.3. The van der Waals surface area contributed by atoms with Gasteiger partial charge in [0.05, 0.1) is 12.7 Å². The molecule has 1 aromatic carbocycles. The standard InChI is InChI=1S/C14H14O3/c15-10-14(8-12-6-7-13(14)17-12)16-9-11-4-2-1-3-5-11/h1-7,10,12-13H,8-9H2/t12-,13+,14+/m1/s1. The van der Waals surface area contributed by atoms with Gasteiger partial charge >= 0.3 is 0 Å². The van der Waals surface area contributed by atoms with Crippen LogP contribution < -0.4 is 0 Å². The summed E-state index contributed by atoms with van der Waals surface area (Å²) in [5, 5.41) is 0. The molecule has 0 spiro atoms. The number of hydrogen-bond acceptors (Lipinski definition) is 3. The van der Waals surface area contributed by atoms with E-state index in [0.29, 0.717) is 13.0 Å². The Kier molecular flexibility index (Phi) is 2.57. The molecule has 1 saturated heterocycles. The first kappa shape index (κ1) is 10.7. The number of benzene rings is 1. The minimum Gasteiger partial charge on any atom is -0.363 e. The Morgan fingerprint density at radius 3 is 2.76 bits per heavy atom. The molecule has 3 atom stereocenters. The summed E-state index contributed by atoms with van der Waals surface area (Å²) in [6.45, 7) is 0.444. The molecule has 0 N–H and O–H groups in total. The topological polar surface area (TPSA) is 35.5 Å². The SMILES string of the molecule is O=C[C@@]1(OCc2ccccc2)C[C@H]2C=C[C@@H]1O2. The highest BCUT2D eigenvalue weighted by atomic mass is 16.6. The molecule has 0 radical (unpaired) electrons. The minimum absolute atomic E-state index is 0.0426. The third kappa shape index (κ3) is 1.81. The van der Waals surface area contributed by atoms with Gasteiger partial charge in [-0.05, 0) is 5.56 Å². The van der Waals surface area contributed by atoms with Gasteiger partial charge in [-0.2, -0.15) is 0 Å². The molecule has 2 heterocycles. The number of rotatable bonds is 4. The van der Waals surface area contributed by atoms with Crippen LogP contribution in [0.1, 0.15) is 12.0 Å². The summed E-state index contributed by atoms with van der Waals surface area (Å²) in [5.41, 5.74) is 0.287. The van der Waals surface area contributed by atoms with E-state index in [9.17, 15) is 4.79 Å². The summed E-state index contributed by atoms with van der Waals surface area (Å²) in [7, 11) is 0. The van der Waals surface area contributed by atoms with Gasteiger partial charge in [-0.15, -0.1) is 0 Å². The maximum atomic E-state index is 11.3. The molecule has 1 aromatic rings. The summed E-state index contributed by atoms with van der Waals surface area (Å²) in [4.78, 5) is 11.3. The zero-order valence-electron chi connectivity index (χ0n) is 9.41. The summed E-state index contributed by atoms with van der Waals surface area (Å²) in [6, 6.07) is 9.86. The quantitative estimate of drug-likeness (QED) is 0.585. The van der Waals surface area contributed by atoms with Crippen molar-refractivity contribution in [3.05, 3.63) is 48.0 Å². The second-order valence-corrected chi connectivity index (χ2v) is 4.53. The predicted molar refractivity (Wildman–Crippen MR) is 62.4 cm³/mol. The molecule has 0 amide bonds. The minimum atomic E-state index is -0.782. The van der Waals surface area contributed by atoms with Crippen molar-refractivity contribution in [3.8, 4) is 0 Å². The van der Waals surface area contributed by atoms with E-state index in [1.807, 2.05) is 42.5 Å². The molecule has 3 heteroatoms. The van der Waals surface area contributed by atoms with Crippen LogP contribution in [0.15, 0.2) is 42.5 Å². The van der Waals surface area contributed by atoms with Gasteiger partial charge in [-0.3, -0.25) is 0 Å². The number of ether oxygens (including phenoxy) is 2. The van der Waals surface area contributed by atoms with Gasteiger partial charge in [0.25, 0.3) is 0 Å². The fourth-order valence-electron chi connectivity index (χ4n) is 2.41. The lowest BCUT2D eigenvalue weighted by Gasteiger charge is -2.27. The Hall–Kier alpha value is -1.45. The smallest absolute Gasteiger partial charge is 0.156 e. The third-order valence-corrected chi connectivity index (χ3v) is 3.37. The molecule has 17 heavy (non-hydrogen) atoms. The maximum Gasteiger partial charge on any atom is 0.156 e. The van der Waals surface area contributed by atoms with E-state index in [-0.39, 0.29) is 12.2 Å². The van der Waals surface area contributed by atoms with E-state index < -0.39 is 5.60 Å². The van der Waals surface area contributed by atoms with Crippen LogP contribution in [0, 0.1) is 0 Å². The molecule has 88 valence electrons. The number of carbonyl (C=O) groups excluding carboxylic acids is 1. The fourth-order valence-corrected chi connectivity index (χ4v) is 2.41. The first-order valence-electron chi connectivity index (χ1n) is 5.80.